The van der Waals surface area contributed by atoms with Crippen LogP contribution in [0.4, 0.5) is 4.39 Å². The van der Waals surface area contributed by atoms with E-state index >= 15 is 0 Å². The normalized spacial score (nSPS) is 34.6. The zero-order chi connectivity index (χ0) is 14.2. The molecule has 0 unspecified atom stereocenters. The van der Waals surface area contributed by atoms with Gasteiger partial charge in [-0.05, 0) is 0 Å². The molecule has 1 aromatic rings. The topological polar surface area (TPSA) is 114 Å². The molecule has 0 saturated carbocycles. The van der Waals surface area contributed by atoms with Crippen molar-refractivity contribution in [3.63, 3.8) is 0 Å². The first-order chi connectivity index (χ1) is 8.92. The molecule has 0 aromatic carbocycles. The number of hydrogen-bond donors (Lipinski definition) is 3. The van der Waals surface area contributed by atoms with Crippen molar-refractivity contribution in [1.82, 2.24) is 9.55 Å². The first kappa shape index (κ1) is 13.9. The SMILES string of the molecule is CO[C@H]1[C@H](n2ccc(=O)[nH]c2=O)O[C@](F)(CO)[C@H]1O. The fraction of sp³-hybridized carbons (Fsp3) is 0.600. The molecule has 106 valence electrons. The number of alkyl halides is 1. The van der Waals surface area contributed by atoms with E-state index in [4.69, 9.17) is 14.6 Å². The van der Waals surface area contributed by atoms with Gasteiger partial charge >= 0.3 is 5.69 Å². The van der Waals surface area contributed by atoms with E-state index in [1.165, 1.54) is 7.11 Å². The fourth-order valence-corrected chi connectivity index (χ4v) is 1.96. The van der Waals surface area contributed by atoms with Crippen LogP contribution >= 0.6 is 0 Å². The van der Waals surface area contributed by atoms with E-state index in [-0.39, 0.29) is 0 Å². The molecule has 0 bridgehead atoms. The molecular weight excluding hydrogens is 263 g/mol. The van der Waals surface area contributed by atoms with E-state index in [2.05, 4.69) is 0 Å². The highest BCUT2D eigenvalue weighted by Gasteiger charge is 2.56. The van der Waals surface area contributed by atoms with Gasteiger partial charge in [-0.25, -0.2) is 9.18 Å². The Kier molecular flexibility index (Phi) is 3.54. The number of rotatable bonds is 3. The zero-order valence-electron chi connectivity index (χ0n) is 9.95. The van der Waals surface area contributed by atoms with Crippen molar-refractivity contribution in [2.45, 2.75) is 24.3 Å². The first-order valence-electron chi connectivity index (χ1n) is 5.43. The van der Waals surface area contributed by atoms with Crippen LogP contribution in [0.3, 0.4) is 0 Å². The highest BCUT2D eigenvalue weighted by Crippen LogP contribution is 2.38. The van der Waals surface area contributed by atoms with Crippen molar-refractivity contribution in [1.29, 1.82) is 0 Å². The third-order valence-electron chi connectivity index (χ3n) is 2.96. The predicted octanol–water partition coefficient (Wildman–Crippen LogP) is -1.90. The Bertz CT molecular complexity index is 572. The van der Waals surface area contributed by atoms with Gasteiger partial charge in [0.2, 0.25) is 0 Å². The summed E-state index contributed by atoms with van der Waals surface area (Å²) < 4.78 is 24.7. The van der Waals surface area contributed by atoms with Gasteiger partial charge in [-0.2, -0.15) is 0 Å². The third kappa shape index (κ3) is 2.21. The molecule has 3 N–H and O–H groups in total. The Morgan fingerprint density at radius 3 is 2.84 bits per heavy atom. The van der Waals surface area contributed by atoms with Gasteiger partial charge in [0.15, 0.2) is 6.23 Å². The minimum atomic E-state index is -2.74. The van der Waals surface area contributed by atoms with Crippen LogP contribution < -0.4 is 11.2 Å². The van der Waals surface area contributed by atoms with E-state index in [9.17, 15) is 19.1 Å². The molecule has 0 radical (unpaired) electrons. The summed E-state index contributed by atoms with van der Waals surface area (Å²) in [4.78, 5) is 24.5. The third-order valence-corrected chi connectivity index (χ3v) is 2.96. The molecule has 1 fully saturated rings. The van der Waals surface area contributed by atoms with Gasteiger partial charge in [-0.1, -0.05) is 0 Å². The summed E-state index contributed by atoms with van der Waals surface area (Å²) in [5, 5.41) is 18.6. The lowest BCUT2D eigenvalue weighted by Crippen LogP contribution is -2.43. The van der Waals surface area contributed by atoms with Crippen LogP contribution in [0, 0.1) is 0 Å². The Morgan fingerprint density at radius 1 is 1.63 bits per heavy atom. The van der Waals surface area contributed by atoms with Crippen molar-refractivity contribution in [3.05, 3.63) is 33.1 Å². The van der Waals surface area contributed by atoms with Crippen molar-refractivity contribution in [3.8, 4) is 0 Å². The van der Waals surface area contributed by atoms with Crippen LogP contribution in [0.5, 0.6) is 0 Å². The van der Waals surface area contributed by atoms with Crippen LogP contribution in [-0.4, -0.2) is 51.5 Å². The Balaban J connectivity index is 2.44. The molecule has 1 saturated heterocycles. The second-order valence-electron chi connectivity index (χ2n) is 4.12. The van der Waals surface area contributed by atoms with Crippen molar-refractivity contribution >= 4 is 0 Å². The summed E-state index contributed by atoms with van der Waals surface area (Å²) in [6.45, 7) is -1.09. The lowest BCUT2D eigenvalue weighted by molar-refractivity contribution is -0.207. The lowest BCUT2D eigenvalue weighted by atomic mass is 10.1. The average molecular weight is 276 g/mol. The standard InChI is InChI=1S/C10H13FN2O6/c1-18-6-7(16)10(11,4-14)19-8(6)13-3-2-5(15)12-9(13)17/h2-3,6-8,14,16H,4H2,1H3,(H,12,15,17)/t6-,7+,8-,10-/m1/s1. The summed E-state index contributed by atoms with van der Waals surface area (Å²) >= 11 is 0. The first-order valence-corrected chi connectivity index (χ1v) is 5.43. The molecular formula is C10H13FN2O6. The number of aliphatic hydroxyl groups is 2. The van der Waals surface area contributed by atoms with Crippen LogP contribution in [0.2, 0.25) is 0 Å². The molecule has 1 aliphatic rings. The maximum atomic E-state index is 14.0. The Hall–Kier alpha value is -1.55. The largest absolute Gasteiger partial charge is 0.390 e. The molecule has 0 aliphatic carbocycles. The number of nitrogens with one attached hydrogen (secondary N) is 1. The maximum Gasteiger partial charge on any atom is 0.330 e. The summed E-state index contributed by atoms with van der Waals surface area (Å²) in [7, 11) is 1.20. The monoisotopic (exact) mass is 276 g/mol. The van der Waals surface area contributed by atoms with Crippen molar-refractivity contribution < 1.29 is 24.1 Å². The van der Waals surface area contributed by atoms with Crippen molar-refractivity contribution in [2.24, 2.45) is 0 Å². The lowest BCUT2D eigenvalue weighted by Gasteiger charge is -2.20. The van der Waals surface area contributed by atoms with Gasteiger partial charge in [0.25, 0.3) is 11.4 Å². The number of aromatic nitrogens is 2. The van der Waals surface area contributed by atoms with Gasteiger partial charge in [0, 0.05) is 19.4 Å². The molecule has 1 aromatic heterocycles. The summed E-state index contributed by atoms with van der Waals surface area (Å²) in [5.41, 5.74) is -1.46. The van der Waals surface area contributed by atoms with Crippen LogP contribution in [-0.2, 0) is 9.47 Å². The van der Waals surface area contributed by atoms with Crippen LogP contribution in [0.25, 0.3) is 0 Å². The van der Waals surface area contributed by atoms with Gasteiger partial charge < -0.3 is 19.7 Å². The van der Waals surface area contributed by atoms with Gasteiger partial charge in [-0.15, -0.1) is 0 Å². The molecule has 1 aliphatic heterocycles. The molecule has 2 rings (SSSR count). The highest BCUT2D eigenvalue weighted by atomic mass is 19.2. The number of ether oxygens (including phenoxy) is 2. The van der Waals surface area contributed by atoms with Crippen molar-refractivity contribution in [2.75, 3.05) is 13.7 Å². The second-order valence-corrected chi connectivity index (χ2v) is 4.12. The Morgan fingerprint density at radius 2 is 2.32 bits per heavy atom. The van der Waals surface area contributed by atoms with Gasteiger partial charge in [-0.3, -0.25) is 14.3 Å². The molecule has 4 atom stereocenters. The molecule has 2 heterocycles. The summed E-state index contributed by atoms with van der Waals surface area (Å²) in [6.07, 6.45) is -3.19. The number of aliphatic hydroxyl groups excluding tert-OH is 2. The number of hydrogen-bond acceptors (Lipinski definition) is 6. The molecule has 0 amide bonds. The summed E-state index contributed by atoms with van der Waals surface area (Å²) in [6, 6.07) is 1.04. The van der Waals surface area contributed by atoms with E-state index in [1.807, 2.05) is 4.98 Å². The number of aromatic amines is 1. The molecule has 0 spiro atoms. The number of methoxy groups -OCH3 is 1. The van der Waals surface area contributed by atoms with E-state index in [0.717, 1.165) is 16.8 Å². The smallest absolute Gasteiger partial charge is 0.330 e. The van der Waals surface area contributed by atoms with E-state index in [0.29, 0.717) is 0 Å². The quantitative estimate of drug-likeness (QED) is 0.594. The summed E-state index contributed by atoms with van der Waals surface area (Å²) in [5.74, 6) is -2.74. The minimum absolute atomic E-state index is 0.623. The zero-order valence-corrected chi connectivity index (χ0v) is 9.95. The van der Waals surface area contributed by atoms with Gasteiger partial charge in [0.1, 0.15) is 18.8 Å². The van der Waals surface area contributed by atoms with Crippen LogP contribution in [0.1, 0.15) is 6.23 Å². The maximum absolute atomic E-state index is 14.0. The Labute approximate surface area is 106 Å². The van der Waals surface area contributed by atoms with Crippen LogP contribution in [0.15, 0.2) is 21.9 Å². The van der Waals surface area contributed by atoms with Gasteiger partial charge in [0.05, 0.1) is 0 Å². The molecule has 9 heteroatoms. The fourth-order valence-electron chi connectivity index (χ4n) is 1.96. The molecule has 8 nitrogen and oxygen atoms in total. The number of H-pyrrole nitrogens is 1. The van der Waals surface area contributed by atoms with E-state index in [1.54, 1.807) is 0 Å². The minimum Gasteiger partial charge on any atom is -0.390 e. The number of halogens is 1. The number of nitrogens with zero attached hydrogens (tertiary/aromatic N) is 1. The molecule has 19 heavy (non-hydrogen) atoms. The van der Waals surface area contributed by atoms with E-state index < -0.39 is 42.1 Å². The second kappa shape index (κ2) is 4.85. The average Bonchev–Trinajstić information content (AvgIpc) is 2.62. The highest BCUT2D eigenvalue weighted by molar-refractivity contribution is 4.97. The predicted molar refractivity (Wildman–Crippen MR) is 59.2 cm³/mol.